The van der Waals surface area contributed by atoms with E-state index >= 15 is 0 Å². The average molecular weight is 669 g/mol. The van der Waals surface area contributed by atoms with Crippen molar-refractivity contribution in [1.29, 1.82) is 0 Å². The molecule has 0 saturated carbocycles. The zero-order valence-electron chi connectivity index (χ0n) is 20.3. The molecule has 2 unspecified atom stereocenters. The third-order valence-electron chi connectivity index (χ3n) is 7.25. The number of aromatic nitrogens is 1. The molecule has 6 heteroatoms. The molecule has 8 rings (SSSR count). The Hall–Kier alpha value is -4.12. The zero-order chi connectivity index (χ0) is 25.1. The minimum atomic E-state index is -0.733. The summed E-state index contributed by atoms with van der Waals surface area (Å²) < 4.78 is 2.69. The molecule has 5 nitrogen and oxygen atoms in total. The van der Waals surface area contributed by atoms with E-state index in [9.17, 15) is 0 Å². The van der Waals surface area contributed by atoms with Crippen molar-refractivity contribution in [3.8, 4) is 0 Å². The third kappa shape index (κ3) is 3.31. The second-order valence-corrected chi connectivity index (χ2v) is 12.2. The summed E-state index contributed by atoms with van der Waals surface area (Å²) in [5, 5.41) is 0. The quantitative estimate of drug-likeness (QED) is 0.292. The third-order valence-corrected chi connectivity index (χ3v) is 10.8. The topological polar surface area (TPSA) is 25.9 Å². The van der Waals surface area contributed by atoms with Crippen LogP contribution < -0.4 is 0 Å². The minimum absolute atomic E-state index is 0.0194. The zero-order valence-corrected chi connectivity index (χ0v) is 22.7. The van der Waals surface area contributed by atoms with Crippen LogP contribution in [0.1, 0.15) is 46.2 Å². The van der Waals surface area contributed by atoms with Crippen molar-refractivity contribution in [3.05, 3.63) is 162 Å². The molecule has 2 atom stereocenters. The van der Waals surface area contributed by atoms with Crippen LogP contribution in [0.3, 0.4) is 0 Å². The molecule has 4 aromatic rings. The molecule has 5 heterocycles. The van der Waals surface area contributed by atoms with Crippen molar-refractivity contribution in [2.45, 2.75) is 18.2 Å². The molecule has 4 aliphatic heterocycles. The van der Waals surface area contributed by atoms with E-state index in [-0.39, 0.29) is 18.2 Å². The van der Waals surface area contributed by atoms with Gasteiger partial charge in [0.1, 0.15) is 0 Å². The molecule has 4 aliphatic rings. The van der Waals surface area contributed by atoms with Gasteiger partial charge in [0.2, 0.25) is 0 Å². The molecule has 0 amide bonds. The van der Waals surface area contributed by atoms with Gasteiger partial charge in [-0.1, -0.05) is 0 Å². The molecule has 0 radical (unpaired) electrons. The molecule has 0 saturated heterocycles. The number of rotatable bonds is 3. The first-order chi connectivity index (χ1) is 18.9. The Morgan fingerprint density at radius 1 is 0.579 bits per heavy atom. The van der Waals surface area contributed by atoms with Crippen LogP contribution in [-0.2, 0) is 16.8 Å². The van der Waals surface area contributed by atoms with Gasteiger partial charge in [0.25, 0.3) is 0 Å². The van der Waals surface area contributed by atoms with Gasteiger partial charge in [0.15, 0.2) is 0 Å². The van der Waals surface area contributed by atoms with Gasteiger partial charge in [-0.05, 0) is 0 Å². The van der Waals surface area contributed by atoms with Crippen molar-refractivity contribution in [2.24, 2.45) is 0 Å². The number of benzene rings is 3. The molecule has 0 aliphatic carbocycles. The second-order valence-electron chi connectivity index (χ2n) is 9.44. The monoisotopic (exact) mass is 669 g/mol. The Labute approximate surface area is 229 Å². The normalized spacial score (nSPS) is 22.9. The van der Waals surface area contributed by atoms with E-state index in [1.165, 1.54) is 8.54 Å². The van der Waals surface area contributed by atoms with Crippen molar-refractivity contribution in [1.82, 2.24) is 24.6 Å². The second kappa shape index (κ2) is 8.73. The average Bonchev–Trinajstić information content (AvgIpc) is 3.59. The van der Waals surface area contributed by atoms with Crippen molar-refractivity contribution in [2.75, 3.05) is 0 Å². The molecule has 0 N–H and O–H groups in total. The van der Waals surface area contributed by atoms with Crippen LogP contribution in [-0.4, -0.2) is 33.1 Å². The van der Waals surface area contributed by atoms with Gasteiger partial charge in [-0.25, -0.2) is 0 Å². The molecule has 3 aromatic carbocycles. The van der Waals surface area contributed by atoms with Gasteiger partial charge >= 0.3 is 230 Å². The summed E-state index contributed by atoms with van der Waals surface area (Å²) in [4.78, 5) is 14.6. The van der Waals surface area contributed by atoms with E-state index in [0.29, 0.717) is 0 Å². The summed E-state index contributed by atoms with van der Waals surface area (Å²) in [6.45, 7) is 0. The standard InChI is InChI=1S/C32H22N5.Ir/c1-3-10-25(11-4-1)30-27-14-9-15-28(22-27)31(26-12-5-2-6-13-26)35-19-21-37(24-35)32(29-16-7-8-17-33-29)36-20-18-34(30)23-36;/h1-10,12,14-21,30-32H;/q-3;. The van der Waals surface area contributed by atoms with Gasteiger partial charge in [-0.15, -0.1) is 0 Å². The van der Waals surface area contributed by atoms with E-state index < -0.39 is 16.8 Å². The van der Waals surface area contributed by atoms with E-state index in [1.807, 2.05) is 36.5 Å². The molecule has 0 fully saturated rings. The Balaban J connectivity index is 1.41. The van der Waals surface area contributed by atoms with Gasteiger partial charge < -0.3 is 0 Å². The number of fused-ring (bicyclic) bond motifs is 2. The molecule has 187 valence electrons. The van der Waals surface area contributed by atoms with E-state index in [2.05, 4.69) is 117 Å². The van der Waals surface area contributed by atoms with E-state index in [0.717, 1.165) is 27.9 Å². The number of hydrogen-bond donors (Lipinski definition) is 0. The van der Waals surface area contributed by atoms with Crippen LogP contribution in [0.5, 0.6) is 0 Å². The molecular weight excluding hydrogens is 647 g/mol. The summed E-state index contributed by atoms with van der Waals surface area (Å²) in [6.07, 6.45) is 10.8. The number of nitrogens with zero attached hydrogens (tertiary/aromatic N) is 5. The summed E-state index contributed by atoms with van der Waals surface area (Å²) in [7, 11) is 0. The first-order valence-electron chi connectivity index (χ1n) is 12.6. The Morgan fingerprint density at radius 2 is 1.13 bits per heavy atom. The van der Waals surface area contributed by atoms with E-state index in [4.69, 9.17) is 4.98 Å². The molecule has 0 spiro atoms. The molecule has 1 aromatic heterocycles. The maximum absolute atomic E-state index is 4.82. The van der Waals surface area contributed by atoms with Crippen molar-refractivity contribution < 1.29 is 16.8 Å². The van der Waals surface area contributed by atoms with Crippen LogP contribution in [0.4, 0.5) is 0 Å². The predicted octanol–water partition coefficient (Wildman–Crippen LogP) is 4.82. The fourth-order valence-electron chi connectivity index (χ4n) is 5.61. The van der Waals surface area contributed by atoms with Crippen LogP contribution >= 0.6 is 0 Å². The fraction of sp³-hybridized carbons (Fsp3) is 0.0938. The van der Waals surface area contributed by atoms with Crippen LogP contribution in [0.25, 0.3) is 0 Å². The summed E-state index contributed by atoms with van der Waals surface area (Å²) in [5.74, 6) is 0. The van der Waals surface area contributed by atoms with Gasteiger partial charge in [-0.2, -0.15) is 0 Å². The van der Waals surface area contributed by atoms with Gasteiger partial charge in [0.05, 0.1) is 0 Å². The first kappa shape index (κ1) is 21.9. The number of hydrogen-bond acceptors (Lipinski definition) is 5. The van der Waals surface area contributed by atoms with Gasteiger partial charge in [-0.3, -0.25) is 0 Å². The summed E-state index contributed by atoms with van der Waals surface area (Å²) in [5.41, 5.74) is 5.58. The Kier molecular flexibility index (Phi) is 5.03. The van der Waals surface area contributed by atoms with Crippen LogP contribution in [0.15, 0.2) is 116 Å². The molecule has 4 bridgehead atoms. The first-order valence-corrected chi connectivity index (χ1v) is 15.0. The SMILES string of the molecule is [c-]1ccccc1C1c2[c-]c(ccc2)C(c2[c-]cccc2)N2C=CN3[C]2=[Ir]=[C]2N1C=CN2C3c1ccccn1. The van der Waals surface area contributed by atoms with E-state index in [1.54, 1.807) is 0 Å². The summed E-state index contributed by atoms with van der Waals surface area (Å²) >= 11 is -0.733. The van der Waals surface area contributed by atoms with Crippen LogP contribution in [0, 0.1) is 18.2 Å². The summed E-state index contributed by atoms with van der Waals surface area (Å²) in [6, 6.07) is 40.3. The Bertz CT molecular complexity index is 1550. The predicted molar refractivity (Wildman–Crippen MR) is 142 cm³/mol. The maximum atomic E-state index is 4.82. The number of pyridine rings is 1. The molecular formula is C32H22IrN5-3. The molecule has 38 heavy (non-hydrogen) atoms. The Morgan fingerprint density at radius 3 is 1.66 bits per heavy atom. The van der Waals surface area contributed by atoms with Gasteiger partial charge in [0, 0.05) is 0 Å². The van der Waals surface area contributed by atoms with Crippen LogP contribution in [0.2, 0.25) is 0 Å². The fourth-order valence-corrected chi connectivity index (χ4v) is 9.25. The van der Waals surface area contributed by atoms with Crippen molar-refractivity contribution in [3.63, 3.8) is 0 Å². The van der Waals surface area contributed by atoms with Crippen molar-refractivity contribution >= 4 is 8.54 Å².